The Labute approximate surface area is 169 Å². The molecular formula is C23H21N5O. The van der Waals surface area contributed by atoms with Gasteiger partial charge in [-0.3, -0.25) is 9.78 Å². The largest absolute Gasteiger partial charge is 0.322 e. The molecule has 6 nitrogen and oxygen atoms in total. The molecule has 0 bridgehead atoms. The van der Waals surface area contributed by atoms with Crippen molar-refractivity contribution in [1.82, 2.24) is 15.0 Å². The molecule has 6 heteroatoms. The van der Waals surface area contributed by atoms with E-state index in [0.29, 0.717) is 5.95 Å². The van der Waals surface area contributed by atoms with Crippen molar-refractivity contribution in [3.05, 3.63) is 83.3 Å². The Morgan fingerprint density at radius 3 is 2.45 bits per heavy atom. The summed E-state index contributed by atoms with van der Waals surface area (Å²) in [6.45, 7) is 6.00. The van der Waals surface area contributed by atoms with Crippen LogP contribution in [0.3, 0.4) is 0 Å². The first-order valence-corrected chi connectivity index (χ1v) is 9.34. The monoisotopic (exact) mass is 383 g/mol. The smallest absolute Gasteiger partial charge is 0.274 e. The summed E-state index contributed by atoms with van der Waals surface area (Å²) in [6, 6.07) is 15.4. The van der Waals surface area contributed by atoms with Crippen molar-refractivity contribution in [2.24, 2.45) is 0 Å². The van der Waals surface area contributed by atoms with Crippen LogP contribution in [0.15, 0.2) is 60.9 Å². The first-order valence-electron chi connectivity index (χ1n) is 9.34. The molecule has 4 aromatic rings. The summed E-state index contributed by atoms with van der Waals surface area (Å²) < 4.78 is 0. The summed E-state index contributed by atoms with van der Waals surface area (Å²) >= 11 is 0. The second-order valence-corrected chi connectivity index (χ2v) is 7.00. The Balaban J connectivity index is 1.60. The van der Waals surface area contributed by atoms with Gasteiger partial charge < -0.3 is 10.6 Å². The Kier molecular flexibility index (Phi) is 4.91. The predicted octanol–water partition coefficient (Wildman–Crippen LogP) is 4.95. The van der Waals surface area contributed by atoms with Gasteiger partial charge in [0, 0.05) is 23.5 Å². The van der Waals surface area contributed by atoms with Crippen molar-refractivity contribution in [3.8, 4) is 0 Å². The van der Waals surface area contributed by atoms with Crippen molar-refractivity contribution in [2.75, 3.05) is 10.6 Å². The van der Waals surface area contributed by atoms with Crippen LogP contribution in [0.1, 0.15) is 27.2 Å². The minimum Gasteiger partial charge on any atom is -0.322 e. The van der Waals surface area contributed by atoms with Gasteiger partial charge in [-0.25, -0.2) is 9.97 Å². The number of nitrogens with one attached hydrogen (secondary N) is 2. The van der Waals surface area contributed by atoms with Crippen LogP contribution < -0.4 is 10.6 Å². The molecule has 0 saturated carbocycles. The van der Waals surface area contributed by atoms with Crippen LogP contribution in [0.4, 0.5) is 17.3 Å². The van der Waals surface area contributed by atoms with E-state index in [1.54, 1.807) is 18.5 Å². The second-order valence-electron chi connectivity index (χ2n) is 7.00. The summed E-state index contributed by atoms with van der Waals surface area (Å²) in [4.78, 5) is 25.8. The van der Waals surface area contributed by atoms with E-state index in [4.69, 9.17) is 0 Å². The number of amides is 1. The van der Waals surface area contributed by atoms with Gasteiger partial charge in [0.2, 0.25) is 5.95 Å². The number of hydrogen-bond donors (Lipinski definition) is 2. The number of fused-ring (bicyclic) bond motifs is 1. The lowest BCUT2D eigenvalue weighted by molar-refractivity contribution is 0.102. The van der Waals surface area contributed by atoms with Gasteiger partial charge in [-0.05, 0) is 50.1 Å². The van der Waals surface area contributed by atoms with Gasteiger partial charge in [0.1, 0.15) is 5.69 Å². The maximum absolute atomic E-state index is 12.8. The molecular weight excluding hydrogens is 362 g/mol. The highest BCUT2D eigenvalue weighted by Gasteiger charge is 2.13. The Morgan fingerprint density at radius 1 is 0.897 bits per heavy atom. The number of benzene rings is 2. The molecule has 0 saturated heterocycles. The lowest BCUT2D eigenvalue weighted by Crippen LogP contribution is -2.16. The number of aryl methyl sites for hydroxylation is 3. The van der Waals surface area contributed by atoms with Gasteiger partial charge in [-0.1, -0.05) is 35.9 Å². The fourth-order valence-corrected chi connectivity index (χ4v) is 3.43. The van der Waals surface area contributed by atoms with E-state index in [0.717, 1.165) is 39.0 Å². The number of para-hydroxylation sites is 1. The molecule has 29 heavy (non-hydrogen) atoms. The number of aromatic nitrogens is 3. The van der Waals surface area contributed by atoms with Crippen molar-refractivity contribution < 1.29 is 4.79 Å². The fraction of sp³-hybridized carbons (Fsp3) is 0.130. The van der Waals surface area contributed by atoms with Crippen LogP contribution in [0, 0.1) is 20.8 Å². The minimum atomic E-state index is -0.276. The standard InChI is InChI=1S/C23H21N5O/c1-14-12-15(2)20(16(3)13-14)28-22(29)19-9-11-25-23(27-19)26-18-8-4-6-17-7-5-10-24-21(17)18/h4-13H,1-3H3,(H,28,29)(H,25,26,27). The van der Waals surface area contributed by atoms with Crippen LogP contribution >= 0.6 is 0 Å². The van der Waals surface area contributed by atoms with Gasteiger partial charge >= 0.3 is 0 Å². The van der Waals surface area contributed by atoms with Gasteiger partial charge in [0.15, 0.2) is 0 Å². The van der Waals surface area contributed by atoms with Crippen LogP contribution in [0.25, 0.3) is 10.9 Å². The number of nitrogens with zero attached hydrogens (tertiary/aromatic N) is 3. The molecule has 0 unspecified atom stereocenters. The van der Waals surface area contributed by atoms with Gasteiger partial charge in [-0.15, -0.1) is 0 Å². The van der Waals surface area contributed by atoms with E-state index < -0.39 is 0 Å². The highest BCUT2D eigenvalue weighted by Crippen LogP contribution is 2.24. The maximum atomic E-state index is 12.8. The minimum absolute atomic E-state index is 0.276. The molecule has 144 valence electrons. The van der Waals surface area contributed by atoms with Crippen LogP contribution in [-0.2, 0) is 0 Å². The molecule has 0 radical (unpaired) electrons. The first kappa shape index (κ1) is 18.6. The lowest BCUT2D eigenvalue weighted by atomic mass is 10.1. The fourth-order valence-electron chi connectivity index (χ4n) is 3.43. The first-order chi connectivity index (χ1) is 14.0. The highest BCUT2D eigenvalue weighted by molar-refractivity contribution is 6.04. The predicted molar refractivity (Wildman–Crippen MR) is 116 cm³/mol. The number of carbonyl (C=O) groups is 1. The van der Waals surface area contributed by atoms with Crippen molar-refractivity contribution >= 4 is 34.1 Å². The summed E-state index contributed by atoms with van der Waals surface area (Å²) in [5, 5.41) is 7.16. The third kappa shape index (κ3) is 3.91. The third-order valence-corrected chi connectivity index (χ3v) is 4.68. The molecule has 1 amide bonds. The molecule has 0 aliphatic rings. The molecule has 0 aliphatic carbocycles. The van der Waals surface area contributed by atoms with E-state index >= 15 is 0 Å². The zero-order chi connectivity index (χ0) is 20.4. The third-order valence-electron chi connectivity index (χ3n) is 4.68. The zero-order valence-corrected chi connectivity index (χ0v) is 16.5. The zero-order valence-electron chi connectivity index (χ0n) is 16.5. The lowest BCUT2D eigenvalue weighted by Gasteiger charge is -2.13. The molecule has 2 N–H and O–H groups in total. The Hall–Kier alpha value is -3.80. The van der Waals surface area contributed by atoms with Crippen molar-refractivity contribution in [3.63, 3.8) is 0 Å². The summed E-state index contributed by atoms with van der Waals surface area (Å²) in [5.41, 5.74) is 5.90. The molecule has 2 aromatic carbocycles. The number of rotatable bonds is 4. The van der Waals surface area contributed by atoms with Crippen molar-refractivity contribution in [1.29, 1.82) is 0 Å². The summed E-state index contributed by atoms with van der Waals surface area (Å²) in [6.07, 6.45) is 3.31. The van der Waals surface area contributed by atoms with Crippen LogP contribution in [0.2, 0.25) is 0 Å². The maximum Gasteiger partial charge on any atom is 0.274 e. The quantitative estimate of drug-likeness (QED) is 0.521. The Morgan fingerprint density at radius 2 is 1.66 bits per heavy atom. The van der Waals surface area contributed by atoms with E-state index in [1.807, 2.05) is 63.2 Å². The molecule has 0 atom stereocenters. The van der Waals surface area contributed by atoms with Gasteiger partial charge in [-0.2, -0.15) is 0 Å². The van der Waals surface area contributed by atoms with Crippen molar-refractivity contribution in [2.45, 2.75) is 20.8 Å². The Bertz CT molecular complexity index is 1190. The van der Waals surface area contributed by atoms with E-state index in [9.17, 15) is 4.79 Å². The van der Waals surface area contributed by atoms with E-state index in [2.05, 4.69) is 25.6 Å². The summed E-state index contributed by atoms with van der Waals surface area (Å²) in [5.74, 6) is 0.0645. The molecule has 0 aliphatic heterocycles. The van der Waals surface area contributed by atoms with Gasteiger partial charge in [0.05, 0.1) is 11.2 Å². The number of pyridine rings is 1. The number of anilines is 3. The highest BCUT2D eigenvalue weighted by atomic mass is 16.1. The average molecular weight is 383 g/mol. The average Bonchev–Trinajstić information content (AvgIpc) is 2.71. The van der Waals surface area contributed by atoms with E-state index in [1.165, 1.54) is 0 Å². The van der Waals surface area contributed by atoms with Crippen LogP contribution in [-0.4, -0.2) is 20.9 Å². The second kappa shape index (κ2) is 7.67. The normalized spacial score (nSPS) is 10.7. The summed E-state index contributed by atoms with van der Waals surface area (Å²) in [7, 11) is 0. The topological polar surface area (TPSA) is 79.8 Å². The van der Waals surface area contributed by atoms with Gasteiger partial charge in [0.25, 0.3) is 5.91 Å². The SMILES string of the molecule is Cc1cc(C)c(NC(=O)c2ccnc(Nc3cccc4cccnc34)n2)c(C)c1. The number of carbonyl (C=O) groups excluding carboxylic acids is 1. The molecule has 4 rings (SSSR count). The molecule has 2 heterocycles. The molecule has 0 spiro atoms. The molecule has 2 aromatic heterocycles. The molecule has 0 fully saturated rings. The van der Waals surface area contributed by atoms with E-state index in [-0.39, 0.29) is 11.6 Å². The number of hydrogen-bond acceptors (Lipinski definition) is 5. The van der Waals surface area contributed by atoms with Crippen LogP contribution in [0.5, 0.6) is 0 Å².